The van der Waals surface area contributed by atoms with E-state index >= 15 is 0 Å². The average Bonchev–Trinajstić information content (AvgIpc) is 3.14. The van der Waals surface area contributed by atoms with Crippen molar-refractivity contribution < 1.29 is 4.52 Å². The number of nitrogens with zero attached hydrogens (tertiary/aromatic N) is 4. The Morgan fingerprint density at radius 2 is 2.05 bits per heavy atom. The fraction of sp³-hybridized carbons (Fsp3) is 0.267. The molecule has 0 saturated heterocycles. The number of hydrogen-bond donors (Lipinski definition) is 1. The highest BCUT2D eigenvalue weighted by molar-refractivity contribution is 5.30. The molecule has 108 valence electrons. The summed E-state index contributed by atoms with van der Waals surface area (Å²) in [5.41, 5.74) is 2.06. The lowest BCUT2D eigenvalue weighted by Crippen LogP contribution is -2.17. The van der Waals surface area contributed by atoms with Gasteiger partial charge in [-0.25, -0.2) is 4.68 Å². The van der Waals surface area contributed by atoms with Gasteiger partial charge in [0.1, 0.15) is 0 Å². The molecule has 1 N–H and O–H groups in total. The summed E-state index contributed by atoms with van der Waals surface area (Å²) >= 11 is 0. The smallest absolute Gasteiger partial charge is 0.227 e. The third-order valence-electron chi connectivity index (χ3n) is 3.06. The Bertz CT molecular complexity index is 689. The van der Waals surface area contributed by atoms with Gasteiger partial charge in [0.05, 0.1) is 11.4 Å². The largest absolute Gasteiger partial charge is 0.339 e. The highest BCUT2D eigenvalue weighted by Crippen LogP contribution is 2.06. The minimum atomic E-state index is 0.662. The van der Waals surface area contributed by atoms with Gasteiger partial charge in [-0.2, -0.15) is 10.1 Å². The average molecular weight is 283 g/mol. The Labute approximate surface area is 122 Å². The Balaban J connectivity index is 1.49. The lowest BCUT2D eigenvalue weighted by Gasteiger charge is -2.01. The summed E-state index contributed by atoms with van der Waals surface area (Å²) in [7, 11) is 0. The third-order valence-corrected chi connectivity index (χ3v) is 3.06. The van der Waals surface area contributed by atoms with E-state index in [1.54, 1.807) is 0 Å². The second kappa shape index (κ2) is 6.32. The quantitative estimate of drug-likeness (QED) is 0.700. The predicted octanol–water partition coefficient (Wildman–Crippen LogP) is 1.90. The van der Waals surface area contributed by atoms with Crippen molar-refractivity contribution in [1.82, 2.24) is 25.2 Å². The highest BCUT2D eigenvalue weighted by Gasteiger charge is 2.03. The fourth-order valence-corrected chi connectivity index (χ4v) is 2.03. The number of benzene rings is 1. The molecule has 0 atom stereocenters. The van der Waals surface area contributed by atoms with E-state index < -0.39 is 0 Å². The van der Waals surface area contributed by atoms with Crippen LogP contribution in [0.1, 0.15) is 17.4 Å². The first-order valence-corrected chi connectivity index (χ1v) is 6.91. The normalized spacial score (nSPS) is 10.9. The summed E-state index contributed by atoms with van der Waals surface area (Å²) in [6, 6.07) is 12.1. The molecule has 0 fully saturated rings. The Kier molecular flexibility index (Phi) is 4.07. The molecule has 1 aromatic carbocycles. The Hall–Kier alpha value is -2.47. The van der Waals surface area contributed by atoms with Crippen molar-refractivity contribution in [3.05, 3.63) is 60.0 Å². The van der Waals surface area contributed by atoms with Gasteiger partial charge in [0.2, 0.25) is 5.89 Å². The first-order valence-electron chi connectivity index (χ1n) is 6.91. The summed E-state index contributed by atoms with van der Waals surface area (Å²) in [4.78, 5) is 4.16. The minimum Gasteiger partial charge on any atom is -0.339 e. The van der Waals surface area contributed by atoms with Crippen LogP contribution >= 0.6 is 0 Å². The molecule has 0 saturated carbocycles. The topological polar surface area (TPSA) is 68.8 Å². The molecule has 0 aliphatic rings. The van der Waals surface area contributed by atoms with Crippen LogP contribution in [-0.4, -0.2) is 26.5 Å². The van der Waals surface area contributed by atoms with Crippen molar-refractivity contribution in [2.24, 2.45) is 0 Å². The molecule has 6 nitrogen and oxygen atoms in total. The summed E-state index contributed by atoms with van der Waals surface area (Å²) in [6.45, 7) is 3.31. The predicted molar refractivity (Wildman–Crippen MR) is 78.0 cm³/mol. The second-order valence-corrected chi connectivity index (χ2v) is 4.75. The molecule has 0 unspecified atom stereocenters. The molecule has 2 aromatic heterocycles. The van der Waals surface area contributed by atoms with Crippen LogP contribution in [0, 0.1) is 6.92 Å². The zero-order valence-electron chi connectivity index (χ0n) is 11.9. The maximum atomic E-state index is 5.06. The van der Waals surface area contributed by atoms with Gasteiger partial charge in [-0.15, -0.1) is 0 Å². The van der Waals surface area contributed by atoms with Gasteiger partial charge in [0.25, 0.3) is 0 Å². The van der Waals surface area contributed by atoms with Crippen LogP contribution in [0.5, 0.6) is 0 Å². The van der Waals surface area contributed by atoms with Gasteiger partial charge in [0.15, 0.2) is 5.82 Å². The fourth-order valence-electron chi connectivity index (χ4n) is 2.03. The summed E-state index contributed by atoms with van der Waals surface area (Å²) in [6.07, 6.45) is 2.69. The molecule has 0 aliphatic carbocycles. The van der Waals surface area contributed by atoms with Gasteiger partial charge in [0, 0.05) is 25.7 Å². The van der Waals surface area contributed by atoms with Crippen molar-refractivity contribution in [2.45, 2.75) is 19.9 Å². The molecular formula is C15H17N5O. The van der Waals surface area contributed by atoms with Crippen LogP contribution in [0.25, 0.3) is 5.69 Å². The van der Waals surface area contributed by atoms with E-state index in [1.165, 1.54) is 0 Å². The number of hydrogen-bond acceptors (Lipinski definition) is 5. The first-order chi connectivity index (χ1) is 10.3. The second-order valence-electron chi connectivity index (χ2n) is 4.75. The standard InChI is InChI=1S/C15H17N5O/c1-12-17-15(21-19-12)7-9-16-11-13-8-10-20(18-13)14-5-3-2-4-6-14/h2-6,8,10,16H,7,9,11H2,1H3. The lowest BCUT2D eigenvalue weighted by atomic mass is 10.3. The zero-order valence-corrected chi connectivity index (χ0v) is 11.9. The molecular weight excluding hydrogens is 266 g/mol. The number of aryl methyl sites for hydroxylation is 1. The molecule has 0 aliphatic heterocycles. The summed E-state index contributed by atoms with van der Waals surface area (Å²) in [5, 5.41) is 11.6. The zero-order chi connectivity index (χ0) is 14.5. The Morgan fingerprint density at radius 1 is 1.19 bits per heavy atom. The molecule has 0 radical (unpaired) electrons. The number of para-hydroxylation sites is 1. The van der Waals surface area contributed by atoms with E-state index in [-0.39, 0.29) is 0 Å². The van der Waals surface area contributed by atoms with E-state index in [0.29, 0.717) is 18.3 Å². The van der Waals surface area contributed by atoms with Crippen LogP contribution in [0.3, 0.4) is 0 Å². The minimum absolute atomic E-state index is 0.662. The molecule has 2 heterocycles. The molecule has 0 amide bonds. The molecule has 3 aromatic rings. The molecule has 21 heavy (non-hydrogen) atoms. The van der Waals surface area contributed by atoms with Gasteiger partial charge in [-0.05, 0) is 25.1 Å². The maximum absolute atomic E-state index is 5.06. The monoisotopic (exact) mass is 283 g/mol. The van der Waals surface area contributed by atoms with E-state index in [0.717, 1.165) is 24.3 Å². The first kappa shape index (κ1) is 13.5. The molecule has 6 heteroatoms. The van der Waals surface area contributed by atoms with Gasteiger partial charge in [-0.3, -0.25) is 0 Å². The number of rotatable bonds is 6. The van der Waals surface area contributed by atoms with Crippen molar-refractivity contribution in [2.75, 3.05) is 6.54 Å². The summed E-state index contributed by atoms with van der Waals surface area (Å²) in [5.74, 6) is 1.33. The van der Waals surface area contributed by atoms with E-state index in [2.05, 4.69) is 20.6 Å². The van der Waals surface area contributed by atoms with E-state index in [4.69, 9.17) is 4.52 Å². The maximum Gasteiger partial charge on any atom is 0.227 e. The van der Waals surface area contributed by atoms with Crippen LogP contribution < -0.4 is 5.32 Å². The molecule has 0 spiro atoms. The van der Waals surface area contributed by atoms with Gasteiger partial charge >= 0.3 is 0 Å². The lowest BCUT2D eigenvalue weighted by molar-refractivity contribution is 0.372. The summed E-state index contributed by atoms with van der Waals surface area (Å²) < 4.78 is 6.93. The van der Waals surface area contributed by atoms with Crippen LogP contribution in [0.2, 0.25) is 0 Å². The molecule has 0 bridgehead atoms. The number of nitrogens with one attached hydrogen (secondary N) is 1. The van der Waals surface area contributed by atoms with Crippen LogP contribution in [0.15, 0.2) is 47.1 Å². The van der Waals surface area contributed by atoms with Crippen molar-refractivity contribution >= 4 is 0 Å². The SMILES string of the molecule is Cc1noc(CCNCc2ccn(-c3ccccc3)n2)n1. The third kappa shape index (κ3) is 3.55. The van der Waals surface area contributed by atoms with Crippen LogP contribution in [0.4, 0.5) is 0 Å². The molecule has 3 rings (SSSR count). The van der Waals surface area contributed by atoms with Gasteiger partial charge < -0.3 is 9.84 Å². The van der Waals surface area contributed by atoms with Crippen molar-refractivity contribution in [3.8, 4) is 5.69 Å². The van der Waals surface area contributed by atoms with Crippen molar-refractivity contribution in [1.29, 1.82) is 0 Å². The van der Waals surface area contributed by atoms with Crippen LogP contribution in [-0.2, 0) is 13.0 Å². The van der Waals surface area contributed by atoms with Crippen molar-refractivity contribution in [3.63, 3.8) is 0 Å². The van der Waals surface area contributed by atoms with Gasteiger partial charge in [-0.1, -0.05) is 23.4 Å². The van der Waals surface area contributed by atoms with E-state index in [9.17, 15) is 0 Å². The Morgan fingerprint density at radius 3 is 2.81 bits per heavy atom. The van der Waals surface area contributed by atoms with E-state index in [1.807, 2.05) is 54.2 Å². The highest BCUT2D eigenvalue weighted by atomic mass is 16.5. The number of aromatic nitrogens is 4.